The highest BCUT2D eigenvalue weighted by molar-refractivity contribution is 5.93. The van der Waals surface area contributed by atoms with Gasteiger partial charge in [-0.1, -0.05) is 74.5 Å². The Labute approximate surface area is 232 Å². The molecule has 0 saturated carbocycles. The zero-order valence-electron chi connectivity index (χ0n) is 22.5. The number of benzene rings is 2. The maximum absolute atomic E-state index is 13.5. The van der Waals surface area contributed by atoms with Gasteiger partial charge in [0.1, 0.15) is 24.7 Å². The normalized spacial score (nSPS) is 13.1. The van der Waals surface area contributed by atoms with Crippen molar-refractivity contribution in [3.63, 3.8) is 0 Å². The van der Waals surface area contributed by atoms with Gasteiger partial charge >= 0.3 is 12.1 Å². The minimum Gasteiger partial charge on any atom is -0.480 e. The van der Waals surface area contributed by atoms with Crippen LogP contribution in [0.4, 0.5) is 4.79 Å². The number of hydrogen-bond acceptors (Lipinski definition) is 6. The lowest BCUT2D eigenvalue weighted by molar-refractivity contribution is -0.142. The molecule has 0 bridgehead atoms. The molecule has 0 saturated heterocycles. The van der Waals surface area contributed by atoms with E-state index in [1.54, 1.807) is 0 Å². The van der Waals surface area contributed by atoms with Crippen LogP contribution in [0.25, 0.3) is 0 Å². The number of hydrogen-bond donors (Lipinski definition) is 5. The summed E-state index contributed by atoms with van der Waals surface area (Å²) in [5.41, 5.74) is 2.13. The van der Waals surface area contributed by atoms with Crippen molar-refractivity contribution in [1.29, 1.82) is 0 Å². The molecule has 1 aromatic heterocycles. The van der Waals surface area contributed by atoms with Crippen LogP contribution in [-0.2, 0) is 38.6 Å². The lowest BCUT2D eigenvalue weighted by Gasteiger charge is -2.25. The summed E-state index contributed by atoms with van der Waals surface area (Å²) in [5.74, 6) is -2.45. The van der Waals surface area contributed by atoms with Gasteiger partial charge in [-0.2, -0.15) is 0 Å². The Morgan fingerprint density at radius 1 is 0.825 bits per heavy atom. The summed E-state index contributed by atoms with van der Waals surface area (Å²) in [5, 5.41) is 17.4. The molecule has 0 unspecified atom stereocenters. The van der Waals surface area contributed by atoms with E-state index in [9.17, 15) is 24.3 Å². The molecule has 0 spiro atoms. The van der Waals surface area contributed by atoms with Gasteiger partial charge in [-0.15, -0.1) is 0 Å². The molecule has 11 heteroatoms. The highest BCUT2D eigenvalue weighted by Gasteiger charge is 2.30. The van der Waals surface area contributed by atoms with E-state index < -0.39 is 42.0 Å². The van der Waals surface area contributed by atoms with Crippen LogP contribution in [-0.4, -0.2) is 57.1 Å². The second-order valence-electron chi connectivity index (χ2n) is 9.82. The van der Waals surface area contributed by atoms with E-state index in [4.69, 9.17) is 4.74 Å². The number of imidazole rings is 1. The summed E-state index contributed by atoms with van der Waals surface area (Å²) in [6, 6.07) is 14.9. The molecule has 1 heterocycles. The van der Waals surface area contributed by atoms with Gasteiger partial charge in [-0.25, -0.2) is 14.6 Å². The number of aliphatic carboxylic acids is 1. The molecule has 0 radical (unpaired) electrons. The van der Waals surface area contributed by atoms with E-state index in [0.29, 0.717) is 5.69 Å². The van der Waals surface area contributed by atoms with Crippen LogP contribution < -0.4 is 16.0 Å². The quantitative estimate of drug-likeness (QED) is 0.206. The first-order chi connectivity index (χ1) is 19.2. The van der Waals surface area contributed by atoms with Crippen LogP contribution in [0.5, 0.6) is 0 Å². The van der Waals surface area contributed by atoms with Gasteiger partial charge < -0.3 is 30.8 Å². The number of carbonyl (C=O) groups is 4. The van der Waals surface area contributed by atoms with Gasteiger partial charge in [0.05, 0.1) is 6.33 Å². The number of amides is 3. The van der Waals surface area contributed by atoms with Crippen molar-refractivity contribution in [3.05, 3.63) is 90.0 Å². The third-order valence-electron chi connectivity index (χ3n) is 6.04. The first-order valence-electron chi connectivity index (χ1n) is 13.0. The van der Waals surface area contributed by atoms with E-state index in [-0.39, 0.29) is 31.8 Å². The summed E-state index contributed by atoms with van der Waals surface area (Å²) in [6.07, 6.45) is 2.54. The number of nitrogens with zero attached hydrogens (tertiary/aromatic N) is 1. The average Bonchev–Trinajstić information content (AvgIpc) is 3.45. The number of aromatic amines is 1. The van der Waals surface area contributed by atoms with Crippen molar-refractivity contribution in [1.82, 2.24) is 25.9 Å². The molecule has 5 N–H and O–H groups in total. The highest BCUT2D eigenvalue weighted by Crippen LogP contribution is 2.09. The third kappa shape index (κ3) is 9.90. The largest absolute Gasteiger partial charge is 0.480 e. The van der Waals surface area contributed by atoms with Crippen LogP contribution in [0.2, 0.25) is 0 Å². The lowest BCUT2D eigenvalue weighted by atomic mass is 10.0. The van der Waals surface area contributed by atoms with Crippen LogP contribution >= 0.6 is 0 Å². The number of alkyl carbamates (subject to hydrolysis) is 1. The fraction of sp³-hybridized carbons (Fsp3) is 0.345. The Bertz CT molecular complexity index is 1230. The Balaban J connectivity index is 1.76. The van der Waals surface area contributed by atoms with Gasteiger partial charge in [0.25, 0.3) is 0 Å². The summed E-state index contributed by atoms with van der Waals surface area (Å²) in [6.45, 7) is 3.72. The second kappa shape index (κ2) is 15.1. The smallest absolute Gasteiger partial charge is 0.408 e. The van der Waals surface area contributed by atoms with Crippen molar-refractivity contribution in [3.8, 4) is 0 Å². The second-order valence-corrected chi connectivity index (χ2v) is 9.82. The molecule has 0 fully saturated rings. The SMILES string of the molecule is CC(C)C[C@H](NC(=O)[C@@H](Cc1cnc[nH]1)NC(=O)[C@@H](Cc1ccccc1)NC(=O)OCc1ccccc1)C(=O)O. The molecular formula is C29H35N5O6. The molecule has 3 atom stereocenters. The molecule has 11 nitrogen and oxygen atoms in total. The molecule has 3 amide bonds. The Morgan fingerprint density at radius 3 is 1.95 bits per heavy atom. The average molecular weight is 550 g/mol. The molecule has 2 aromatic carbocycles. The van der Waals surface area contributed by atoms with E-state index >= 15 is 0 Å². The molecule has 0 aliphatic carbocycles. The zero-order chi connectivity index (χ0) is 28.9. The van der Waals surface area contributed by atoms with Gasteiger partial charge in [0.2, 0.25) is 11.8 Å². The monoisotopic (exact) mass is 549 g/mol. The summed E-state index contributed by atoms with van der Waals surface area (Å²) < 4.78 is 5.31. The van der Waals surface area contributed by atoms with E-state index in [1.807, 2.05) is 74.5 Å². The number of aromatic nitrogens is 2. The van der Waals surface area contributed by atoms with Crippen molar-refractivity contribution in [2.45, 2.75) is 57.8 Å². The molecule has 3 aromatic rings. The van der Waals surface area contributed by atoms with Crippen molar-refractivity contribution in [2.75, 3.05) is 0 Å². The zero-order valence-corrected chi connectivity index (χ0v) is 22.5. The van der Waals surface area contributed by atoms with E-state index in [1.165, 1.54) is 12.5 Å². The Morgan fingerprint density at radius 2 is 1.40 bits per heavy atom. The Kier molecular flexibility index (Phi) is 11.2. The summed E-state index contributed by atoms with van der Waals surface area (Å²) in [4.78, 5) is 58.0. The first-order valence-corrected chi connectivity index (χ1v) is 13.0. The number of carboxylic acids is 1. The van der Waals surface area contributed by atoms with Crippen molar-refractivity contribution >= 4 is 23.9 Å². The van der Waals surface area contributed by atoms with E-state index in [2.05, 4.69) is 25.9 Å². The third-order valence-corrected chi connectivity index (χ3v) is 6.04. The van der Waals surface area contributed by atoms with Crippen LogP contribution in [0.3, 0.4) is 0 Å². The maximum atomic E-state index is 13.5. The van der Waals surface area contributed by atoms with Crippen LogP contribution in [0.15, 0.2) is 73.2 Å². The first kappa shape index (κ1) is 29.9. The van der Waals surface area contributed by atoms with Crippen LogP contribution in [0, 0.1) is 5.92 Å². The Hall–Kier alpha value is -4.67. The number of carboxylic acid groups (broad SMARTS) is 1. The summed E-state index contributed by atoms with van der Waals surface area (Å²) in [7, 11) is 0. The van der Waals surface area contributed by atoms with Gasteiger partial charge in [0, 0.05) is 24.7 Å². The number of carbonyl (C=O) groups excluding carboxylic acids is 3. The van der Waals surface area contributed by atoms with Gasteiger partial charge in [-0.05, 0) is 23.5 Å². The van der Waals surface area contributed by atoms with E-state index in [0.717, 1.165) is 11.1 Å². The predicted molar refractivity (Wildman–Crippen MR) is 147 cm³/mol. The minimum absolute atomic E-state index is 0.0170. The van der Waals surface area contributed by atoms with Crippen molar-refractivity contribution in [2.24, 2.45) is 5.92 Å². The van der Waals surface area contributed by atoms with Crippen molar-refractivity contribution < 1.29 is 29.0 Å². The number of H-pyrrole nitrogens is 1. The lowest BCUT2D eigenvalue weighted by Crippen LogP contribution is -2.57. The predicted octanol–water partition coefficient (Wildman–Crippen LogP) is 2.59. The van der Waals surface area contributed by atoms with Gasteiger partial charge in [0.15, 0.2) is 0 Å². The molecule has 0 aliphatic rings. The minimum atomic E-state index is -1.17. The highest BCUT2D eigenvalue weighted by atomic mass is 16.5. The number of ether oxygens (including phenoxy) is 1. The standard InChI is InChI=1S/C29H35N5O6/c1-19(2)13-25(28(37)38)33-27(36)24(15-22-16-30-18-31-22)32-26(35)23(14-20-9-5-3-6-10-20)34-29(39)40-17-21-11-7-4-8-12-21/h3-12,16,18-19,23-25H,13-15,17H2,1-2H3,(H,30,31)(H,32,35)(H,33,36)(H,34,39)(H,37,38)/t23-,24-,25+/m1/s1. The number of nitrogens with one attached hydrogen (secondary N) is 4. The molecule has 0 aliphatic heterocycles. The number of rotatable bonds is 14. The fourth-order valence-electron chi connectivity index (χ4n) is 4.03. The summed E-state index contributed by atoms with van der Waals surface area (Å²) >= 11 is 0. The maximum Gasteiger partial charge on any atom is 0.408 e. The van der Waals surface area contributed by atoms with Crippen LogP contribution in [0.1, 0.15) is 37.1 Å². The fourth-order valence-corrected chi connectivity index (χ4v) is 4.03. The van der Waals surface area contributed by atoms with Gasteiger partial charge in [-0.3, -0.25) is 9.59 Å². The molecule has 3 rings (SSSR count). The molecule has 40 heavy (non-hydrogen) atoms. The molecule has 212 valence electrons. The molecular weight excluding hydrogens is 514 g/mol. The topological polar surface area (TPSA) is 163 Å².